The monoisotopic (exact) mass is 239 g/mol. The summed E-state index contributed by atoms with van der Waals surface area (Å²) in [5.74, 6) is 1.44. The van der Waals surface area contributed by atoms with Crippen LogP contribution in [0.15, 0.2) is 4.52 Å². The smallest absolute Gasteiger partial charge is 0.226 e. The van der Waals surface area contributed by atoms with Gasteiger partial charge in [0.15, 0.2) is 5.82 Å². The van der Waals surface area contributed by atoms with Crippen molar-refractivity contribution in [3.8, 4) is 0 Å². The van der Waals surface area contributed by atoms with Gasteiger partial charge in [0.25, 0.3) is 0 Å². The minimum atomic E-state index is -0.173. The van der Waals surface area contributed by atoms with E-state index in [1.165, 1.54) is 0 Å². The molecule has 5 heteroatoms. The molecular formula is C12H21N3O2. The Hall–Kier alpha value is -0.940. The van der Waals surface area contributed by atoms with E-state index >= 15 is 0 Å². The molecule has 0 radical (unpaired) electrons. The molecule has 1 fully saturated rings. The van der Waals surface area contributed by atoms with Crippen LogP contribution in [-0.2, 0) is 13.0 Å². The molecule has 2 atom stereocenters. The molecular weight excluding hydrogens is 218 g/mol. The molecule has 96 valence electrons. The standard InChI is InChI=1S/C12H21N3O2/c1-4-12-13-11(14-17-12)7-15-8(2)5-10(16)6-9(15)3/h8-10,16H,4-7H2,1-3H3/t8-,9-/m0/s1. The quantitative estimate of drug-likeness (QED) is 0.863. The van der Waals surface area contributed by atoms with Crippen molar-refractivity contribution in [2.45, 2.75) is 64.8 Å². The van der Waals surface area contributed by atoms with Crippen LogP contribution in [0, 0.1) is 0 Å². The van der Waals surface area contributed by atoms with Crippen LogP contribution in [0.5, 0.6) is 0 Å². The summed E-state index contributed by atoms with van der Waals surface area (Å²) in [6, 6.07) is 0.717. The van der Waals surface area contributed by atoms with Crippen molar-refractivity contribution >= 4 is 0 Å². The maximum absolute atomic E-state index is 9.70. The lowest BCUT2D eigenvalue weighted by molar-refractivity contribution is 0.00695. The molecule has 1 N–H and O–H groups in total. The van der Waals surface area contributed by atoms with E-state index in [1.807, 2.05) is 6.92 Å². The van der Waals surface area contributed by atoms with Crippen LogP contribution in [-0.4, -0.2) is 38.3 Å². The second kappa shape index (κ2) is 5.14. The zero-order valence-electron chi connectivity index (χ0n) is 10.8. The first kappa shape index (κ1) is 12.5. The first-order chi connectivity index (χ1) is 8.10. The van der Waals surface area contributed by atoms with Gasteiger partial charge in [-0.1, -0.05) is 12.1 Å². The van der Waals surface area contributed by atoms with E-state index in [9.17, 15) is 5.11 Å². The third-order valence-electron chi connectivity index (χ3n) is 3.50. The van der Waals surface area contributed by atoms with Gasteiger partial charge in [0.1, 0.15) is 0 Å². The fraction of sp³-hybridized carbons (Fsp3) is 0.833. The Morgan fingerprint density at radius 3 is 2.53 bits per heavy atom. The van der Waals surface area contributed by atoms with Crippen molar-refractivity contribution in [1.29, 1.82) is 0 Å². The summed E-state index contributed by atoms with van der Waals surface area (Å²) in [7, 11) is 0. The number of aromatic nitrogens is 2. The van der Waals surface area contributed by atoms with E-state index < -0.39 is 0 Å². The average molecular weight is 239 g/mol. The molecule has 17 heavy (non-hydrogen) atoms. The summed E-state index contributed by atoms with van der Waals surface area (Å²) < 4.78 is 5.11. The first-order valence-corrected chi connectivity index (χ1v) is 6.35. The molecule has 1 saturated heterocycles. The molecule has 1 aliphatic rings. The van der Waals surface area contributed by atoms with Crippen LogP contribution < -0.4 is 0 Å². The van der Waals surface area contributed by atoms with Crippen LogP contribution in [0.2, 0.25) is 0 Å². The van der Waals surface area contributed by atoms with Crippen molar-refractivity contribution in [2.24, 2.45) is 0 Å². The maximum atomic E-state index is 9.70. The van der Waals surface area contributed by atoms with Crippen LogP contribution in [0.1, 0.15) is 45.3 Å². The second-order valence-corrected chi connectivity index (χ2v) is 4.95. The molecule has 0 spiro atoms. The SMILES string of the molecule is CCc1nc(CN2[C@@H](C)CC(O)C[C@@H]2C)no1. The van der Waals surface area contributed by atoms with Gasteiger partial charge in [-0.25, -0.2) is 0 Å². The van der Waals surface area contributed by atoms with Crippen LogP contribution in [0.25, 0.3) is 0 Å². The number of hydrogen-bond donors (Lipinski definition) is 1. The minimum Gasteiger partial charge on any atom is -0.393 e. The Kier molecular flexibility index (Phi) is 3.79. The summed E-state index contributed by atoms with van der Waals surface area (Å²) in [5.41, 5.74) is 0. The number of piperidine rings is 1. The molecule has 0 aromatic carbocycles. The molecule has 1 aromatic heterocycles. The van der Waals surface area contributed by atoms with Gasteiger partial charge in [-0.3, -0.25) is 4.90 Å². The zero-order chi connectivity index (χ0) is 12.4. The summed E-state index contributed by atoms with van der Waals surface area (Å²) >= 11 is 0. The fourth-order valence-electron chi connectivity index (χ4n) is 2.56. The summed E-state index contributed by atoms with van der Waals surface area (Å²) in [5, 5.41) is 13.7. The Morgan fingerprint density at radius 1 is 1.35 bits per heavy atom. The lowest BCUT2D eigenvalue weighted by atomic mass is 9.95. The predicted octanol–water partition coefficient (Wildman–Crippen LogP) is 1.37. The third kappa shape index (κ3) is 2.84. The van der Waals surface area contributed by atoms with Crippen molar-refractivity contribution in [3.63, 3.8) is 0 Å². The normalized spacial score (nSPS) is 30.7. The molecule has 2 rings (SSSR count). The van der Waals surface area contributed by atoms with E-state index in [1.54, 1.807) is 0 Å². The van der Waals surface area contributed by atoms with E-state index in [0.29, 0.717) is 24.5 Å². The summed E-state index contributed by atoms with van der Waals surface area (Å²) in [4.78, 5) is 6.66. The molecule has 0 unspecified atom stereocenters. The second-order valence-electron chi connectivity index (χ2n) is 4.95. The number of hydrogen-bond acceptors (Lipinski definition) is 5. The lowest BCUT2D eigenvalue weighted by Gasteiger charge is -2.40. The molecule has 0 amide bonds. The molecule has 1 aliphatic heterocycles. The van der Waals surface area contributed by atoms with Gasteiger partial charge < -0.3 is 9.63 Å². The van der Waals surface area contributed by atoms with E-state index in [0.717, 1.165) is 25.1 Å². The maximum Gasteiger partial charge on any atom is 0.226 e. The van der Waals surface area contributed by atoms with Crippen molar-refractivity contribution < 1.29 is 9.63 Å². The summed E-state index contributed by atoms with van der Waals surface area (Å²) in [6.07, 6.45) is 2.25. The summed E-state index contributed by atoms with van der Waals surface area (Å²) in [6.45, 7) is 6.98. The van der Waals surface area contributed by atoms with Crippen LogP contribution in [0.4, 0.5) is 0 Å². The highest BCUT2D eigenvalue weighted by molar-refractivity contribution is 4.91. The lowest BCUT2D eigenvalue weighted by Crippen LogP contribution is -2.47. The Balaban J connectivity index is 2.01. The Morgan fingerprint density at radius 2 is 2.00 bits per heavy atom. The van der Waals surface area contributed by atoms with Crippen LogP contribution in [0.3, 0.4) is 0 Å². The van der Waals surface area contributed by atoms with E-state index in [2.05, 4.69) is 28.9 Å². The number of aliphatic hydroxyl groups excluding tert-OH is 1. The van der Waals surface area contributed by atoms with Crippen molar-refractivity contribution in [2.75, 3.05) is 0 Å². The molecule has 1 aromatic rings. The Bertz CT molecular complexity index is 354. The minimum absolute atomic E-state index is 0.173. The predicted molar refractivity (Wildman–Crippen MR) is 63.4 cm³/mol. The van der Waals surface area contributed by atoms with Gasteiger partial charge in [-0.05, 0) is 26.7 Å². The molecule has 0 aliphatic carbocycles. The molecule has 0 saturated carbocycles. The van der Waals surface area contributed by atoms with E-state index in [-0.39, 0.29) is 6.10 Å². The number of likely N-dealkylation sites (tertiary alicyclic amines) is 1. The zero-order valence-corrected chi connectivity index (χ0v) is 10.8. The highest BCUT2D eigenvalue weighted by atomic mass is 16.5. The fourth-order valence-corrected chi connectivity index (χ4v) is 2.56. The van der Waals surface area contributed by atoms with E-state index in [4.69, 9.17) is 4.52 Å². The van der Waals surface area contributed by atoms with Crippen molar-refractivity contribution in [3.05, 3.63) is 11.7 Å². The Labute approximate surface area is 102 Å². The van der Waals surface area contributed by atoms with Gasteiger partial charge in [0.05, 0.1) is 12.6 Å². The number of aliphatic hydroxyl groups is 1. The number of rotatable bonds is 3. The highest BCUT2D eigenvalue weighted by Gasteiger charge is 2.30. The molecule has 5 nitrogen and oxygen atoms in total. The molecule has 0 bridgehead atoms. The number of aryl methyl sites for hydroxylation is 1. The van der Waals surface area contributed by atoms with Gasteiger partial charge >= 0.3 is 0 Å². The average Bonchev–Trinajstić information content (AvgIpc) is 2.71. The van der Waals surface area contributed by atoms with Crippen molar-refractivity contribution in [1.82, 2.24) is 15.0 Å². The van der Waals surface area contributed by atoms with Gasteiger partial charge in [0, 0.05) is 18.5 Å². The topological polar surface area (TPSA) is 62.4 Å². The van der Waals surface area contributed by atoms with Gasteiger partial charge in [-0.2, -0.15) is 4.98 Å². The van der Waals surface area contributed by atoms with Gasteiger partial charge in [-0.15, -0.1) is 0 Å². The van der Waals surface area contributed by atoms with Crippen LogP contribution >= 0.6 is 0 Å². The largest absolute Gasteiger partial charge is 0.393 e. The highest BCUT2D eigenvalue weighted by Crippen LogP contribution is 2.24. The molecule has 2 heterocycles. The number of nitrogens with zero attached hydrogens (tertiary/aromatic N) is 3. The first-order valence-electron chi connectivity index (χ1n) is 6.35. The third-order valence-corrected chi connectivity index (χ3v) is 3.50. The van der Waals surface area contributed by atoms with Gasteiger partial charge in [0.2, 0.25) is 5.89 Å².